The number of nitrogens with one attached hydrogen (secondary N) is 2. The molecule has 0 aliphatic carbocycles. The second-order valence-electron chi connectivity index (χ2n) is 4.74. The molecular weight excluding hydrogens is 214 g/mol. The van der Waals surface area contributed by atoms with Gasteiger partial charge in [-0.25, -0.2) is 0 Å². The van der Waals surface area contributed by atoms with Crippen molar-refractivity contribution in [1.82, 2.24) is 5.32 Å². The zero-order valence-corrected chi connectivity index (χ0v) is 9.78. The van der Waals surface area contributed by atoms with Gasteiger partial charge in [0.15, 0.2) is 0 Å². The molecule has 17 heavy (non-hydrogen) atoms. The number of hydrogen-bond donors (Lipinski definition) is 2. The molecule has 1 amide bonds. The Morgan fingerprint density at radius 3 is 3.06 bits per heavy atom. The first-order valence-electron chi connectivity index (χ1n) is 6.20. The molecule has 0 spiro atoms. The highest BCUT2D eigenvalue weighted by atomic mass is 16.2. The third kappa shape index (κ3) is 2.13. The molecule has 1 fully saturated rings. The fraction of sp³-hybridized carbons (Fsp3) is 0.462. The summed E-state index contributed by atoms with van der Waals surface area (Å²) >= 11 is 0. The Bertz CT molecular complexity index is 426. The average Bonchev–Trinajstić information content (AvgIpc) is 2.81. The lowest BCUT2D eigenvalue weighted by Crippen LogP contribution is -2.44. The van der Waals surface area contributed by atoms with Crippen molar-refractivity contribution in [3.63, 3.8) is 0 Å². The van der Waals surface area contributed by atoms with E-state index in [9.17, 15) is 4.79 Å². The topological polar surface area (TPSA) is 44.4 Å². The number of rotatable bonds is 2. The van der Waals surface area contributed by atoms with Gasteiger partial charge in [0, 0.05) is 12.6 Å². The van der Waals surface area contributed by atoms with Gasteiger partial charge in [-0.15, -0.1) is 0 Å². The van der Waals surface area contributed by atoms with E-state index in [4.69, 9.17) is 0 Å². The number of benzene rings is 1. The Kier molecular flexibility index (Phi) is 2.73. The summed E-state index contributed by atoms with van der Waals surface area (Å²) in [5.74, 6) is 0.0849. The van der Waals surface area contributed by atoms with Crippen LogP contribution in [0.15, 0.2) is 24.3 Å². The van der Waals surface area contributed by atoms with Crippen LogP contribution in [-0.2, 0) is 4.79 Å². The molecule has 1 saturated heterocycles. The van der Waals surface area contributed by atoms with E-state index in [0.29, 0.717) is 12.6 Å². The molecule has 0 radical (unpaired) electrons. The quantitative estimate of drug-likeness (QED) is 0.804. The lowest BCUT2D eigenvalue weighted by Gasteiger charge is -2.32. The monoisotopic (exact) mass is 231 g/mol. The van der Waals surface area contributed by atoms with Gasteiger partial charge in [-0.1, -0.05) is 12.1 Å². The second kappa shape index (κ2) is 4.37. The van der Waals surface area contributed by atoms with Crippen molar-refractivity contribution in [3.05, 3.63) is 24.3 Å². The lowest BCUT2D eigenvalue weighted by molar-refractivity contribution is -0.115. The summed E-state index contributed by atoms with van der Waals surface area (Å²) in [5.41, 5.74) is 2.07. The Hall–Kier alpha value is -1.55. The number of fused-ring (bicyclic) bond motifs is 1. The summed E-state index contributed by atoms with van der Waals surface area (Å²) in [6.45, 7) is 2.49. The Balaban J connectivity index is 1.81. The summed E-state index contributed by atoms with van der Waals surface area (Å²) < 4.78 is 0. The first kappa shape index (κ1) is 10.6. The summed E-state index contributed by atoms with van der Waals surface area (Å²) in [4.78, 5) is 13.8. The molecule has 2 aliphatic heterocycles. The van der Waals surface area contributed by atoms with Crippen LogP contribution in [0.3, 0.4) is 0 Å². The Morgan fingerprint density at radius 2 is 2.24 bits per heavy atom. The Labute approximate surface area is 101 Å². The van der Waals surface area contributed by atoms with Crippen LogP contribution >= 0.6 is 0 Å². The SMILES string of the molecule is O=C1CN(CC2CCCN2)c2ccccc2N1. The maximum atomic E-state index is 11.6. The van der Waals surface area contributed by atoms with Crippen molar-refractivity contribution in [3.8, 4) is 0 Å². The third-order valence-electron chi connectivity index (χ3n) is 3.46. The molecule has 4 nitrogen and oxygen atoms in total. The van der Waals surface area contributed by atoms with Crippen LogP contribution in [-0.4, -0.2) is 31.6 Å². The maximum absolute atomic E-state index is 11.6. The highest BCUT2D eigenvalue weighted by Gasteiger charge is 2.25. The minimum atomic E-state index is 0.0849. The number of nitrogens with zero attached hydrogens (tertiary/aromatic N) is 1. The predicted octanol–water partition coefficient (Wildman–Crippen LogP) is 1.20. The molecule has 1 aromatic rings. The van der Waals surface area contributed by atoms with E-state index in [-0.39, 0.29) is 5.91 Å². The van der Waals surface area contributed by atoms with Crippen molar-refractivity contribution in [2.75, 3.05) is 29.9 Å². The molecule has 2 heterocycles. The fourth-order valence-electron chi connectivity index (χ4n) is 2.64. The van der Waals surface area contributed by atoms with Gasteiger partial charge < -0.3 is 15.5 Å². The molecule has 1 unspecified atom stereocenters. The lowest BCUT2D eigenvalue weighted by atomic mass is 10.1. The number of anilines is 2. The van der Waals surface area contributed by atoms with E-state index in [0.717, 1.165) is 24.5 Å². The molecule has 0 aromatic heterocycles. The predicted molar refractivity (Wildman–Crippen MR) is 68.3 cm³/mol. The summed E-state index contributed by atoms with van der Waals surface area (Å²) in [6, 6.07) is 8.53. The first-order chi connectivity index (χ1) is 8.33. The van der Waals surface area contributed by atoms with Gasteiger partial charge in [0.05, 0.1) is 17.9 Å². The van der Waals surface area contributed by atoms with Gasteiger partial charge in [-0.2, -0.15) is 0 Å². The number of carbonyl (C=O) groups is 1. The fourth-order valence-corrected chi connectivity index (χ4v) is 2.64. The third-order valence-corrected chi connectivity index (χ3v) is 3.46. The van der Waals surface area contributed by atoms with Gasteiger partial charge in [0.2, 0.25) is 5.91 Å². The van der Waals surface area contributed by atoms with E-state index in [1.54, 1.807) is 0 Å². The summed E-state index contributed by atoms with van der Waals surface area (Å²) in [5, 5.41) is 6.39. The van der Waals surface area contributed by atoms with Crippen LogP contribution in [0.4, 0.5) is 11.4 Å². The zero-order valence-electron chi connectivity index (χ0n) is 9.78. The Morgan fingerprint density at radius 1 is 1.35 bits per heavy atom. The molecule has 90 valence electrons. The summed E-state index contributed by atoms with van der Waals surface area (Å²) in [7, 11) is 0. The molecule has 1 aromatic carbocycles. The van der Waals surface area contributed by atoms with E-state index in [1.165, 1.54) is 12.8 Å². The normalized spacial score (nSPS) is 23.4. The van der Waals surface area contributed by atoms with E-state index < -0.39 is 0 Å². The van der Waals surface area contributed by atoms with Crippen LogP contribution in [0.5, 0.6) is 0 Å². The van der Waals surface area contributed by atoms with Gasteiger partial charge in [-0.3, -0.25) is 4.79 Å². The minimum Gasteiger partial charge on any atom is -0.359 e. The highest BCUT2D eigenvalue weighted by molar-refractivity contribution is 6.01. The van der Waals surface area contributed by atoms with E-state index in [2.05, 4.69) is 21.6 Å². The smallest absolute Gasteiger partial charge is 0.243 e. The van der Waals surface area contributed by atoms with Crippen molar-refractivity contribution < 1.29 is 4.79 Å². The number of hydrogen-bond acceptors (Lipinski definition) is 3. The van der Waals surface area contributed by atoms with E-state index in [1.807, 2.05) is 18.2 Å². The molecule has 3 rings (SSSR count). The standard InChI is InChI=1S/C13H17N3O/c17-13-9-16(8-10-4-3-7-14-10)12-6-2-1-5-11(12)15-13/h1-2,5-6,10,14H,3-4,7-9H2,(H,15,17). The minimum absolute atomic E-state index is 0.0849. The van der Waals surface area contributed by atoms with Crippen molar-refractivity contribution in [1.29, 1.82) is 0 Å². The molecule has 2 N–H and O–H groups in total. The van der Waals surface area contributed by atoms with Crippen molar-refractivity contribution >= 4 is 17.3 Å². The number of carbonyl (C=O) groups excluding carboxylic acids is 1. The van der Waals surface area contributed by atoms with Crippen LogP contribution in [0.2, 0.25) is 0 Å². The van der Waals surface area contributed by atoms with Crippen molar-refractivity contribution in [2.45, 2.75) is 18.9 Å². The zero-order chi connectivity index (χ0) is 11.7. The largest absolute Gasteiger partial charge is 0.359 e. The molecular formula is C13H17N3O. The number of amides is 1. The molecule has 2 aliphatic rings. The van der Waals surface area contributed by atoms with Gasteiger partial charge in [-0.05, 0) is 31.5 Å². The van der Waals surface area contributed by atoms with Gasteiger partial charge in [0.1, 0.15) is 0 Å². The maximum Gasteiger partial charge on any atom is 0.243 e. The first-order valence-corrected chi connectivity index (χ1v) is 6.20. The molecule has 4 heteroatoms. The molecule has 1 atom stereocenters. The molecule has 0 bridgehead atoms. The average molecular weight is 231 g/mol. The second-order valence-corrected chi connectivity index (χ2v) is 4.74. The van der Waals surface area contributed by atoms with Crippen LogP contribution in [0.1, 0.15) is 12.8 Å². The van der Waals surface area contributed by atoms with Crippen LogP contribution in [0.25, 0.3) is 0 Å². The van der Waals surface area contributed by atoms with E-state index >= 15 is 0 Å². The van der Waals surface area contributed by atoms with Crippen LogP contribution < -0.4 is 15.5 Å². The summed E-state index contributed by atoms with van der Waals surface area (Å²) in [6.07, 6.45) is 2.45. The van der Waals surface area contributed by atoms with Gasteiger partial charge >= 0.3 is 0 Å². The number of para-hydroxylation sites is 2. The van der Waals surface area contributed by atoms with Gasteiger partial charge in [0.25, 0.3) is 0 Å². The highest BCUT2D eigenvalue weighted by Crippen LogP contribution is 2.29. The van der Waals surface area contributed by atoms with Crippen LogP contribution in [0, 0.1) is 0 Å². The van der Waals surface area contributed by atoms with Crippen molar-refractivity contribution in [2.24, 2.45) is 0 Å². The molecule has 0 saturated carbocycles.